The van der Waals surface area contributed by atoms with E-state index in [1.807, 2.05) is 25.1 Å². The summed E-state index contributed by atoms with van der Waals surface area (Å²) in [5.74, 6) is -0.330. The number of nitrogens with two attached hydrogens (primary N) is 1. The second kappa shape index (κ2) is 5.43. The highest BCUT2D eigenvalue weighted by Gasteiger charge is 2.16. The molecule has 0 bridgehead atoms. The molecule has 0 saturated heterocycles. The molecule has 1 rings (SSSR count). The van der Waals surface area contributed by atoms with Crippen LogP contribution >= 0.6 is 0 Å². The minimum Gasteiger partial charge on any atom is -0.391 e. The molecule has 0 aromatic heterocycles. The lowest BCUT2D eigenvalue weighted by molar-refractivity contribution is 0.205. The Bertz CT molecular complexity index is 442. The van der Waals surface area contributed by atoms with Crippen molar-refractivity contribution in [3.63, 3.8) is 0 Å². The Morgan fingerprint density at radius 1 is 1.44 bits per heavy atom. The zero-order valence-electron chi connectivity index (χ0n) is 9.26. The molecule has 1 atom stereocenters. The molecule has 1 unspecified atom stereocenters. The third kappa shape index (κ3) is 4.30. The molecule has 0 spiro atoms. The summed E-state index contributed by atoms with van der Waals surface area (Å²) >= 11 is 0. The summed E-state index contributed by atoms with van der Waals surface area (Å²) in [5, 5.41) is 9.22. The molecule has 0 radical (unpaired) electrons. The molecule has 3 N–H and O–H groups in total. The van der Waals surface area contributed by atoms with Gasteiger partial charge in [0.15, 0.2) is 9.84 Å². The topological polar surface area (TPSA) is 80.4 Å². The van der Waals surface area contributed by atoms with Gasteiger partial charge in [0, 0.05) is 6.54 Å². The van der Waals surface area contributed by atoms with Crippen molar-refractivity contribution in [1.82, 2.24) is 0 Å². The Balaban J connectivity index is 2.73. The Kier molecular flexibility index (Phi) is 4.46. The van der Waals surface area contributed by atoms with E-state index in [1.165, 1.54) is 0 Å². The van der Waals surface area contributed by atoms with Crippen LogP contribution in [0.25, 0.3) is 0 Å². The van der Waals surface area contributed by atoms with Gasteiger partial charge in [0.05, 0.1) is 17.6 Å². The second-order valence-electron chi connectivity index (χ2n) is 3.93. The van der Waals surface area contributed by atoms with Gasteiger partial charge in [0.1, 0.15) is 0 Å². The van der Waals surface area contributed by atoms with Crippen LogP contribution in [0.15, 0.2) is 24.3 Å². The van der Waals surface area contributed by atoms with Crippen molar-refractivity contribution in [3.8, 4) is 0 Å². The first kappa shape index (κ1) is 13.2. The molecule has 0 saturated carbocycles. The van der Waals surface area contributed by atoms with Crippen LogP contribution in [-0.2, 0) is 15.6 Å². The van der Waals surface area contributed by atoms with Gasteiger partial charge in [0.2, 0.25) is 0 Å². The first-order chi connectivity index (χ1) is 7.43. The predicted octanol–water partition coefficient (Wildman–Crippen LogP) is 0.229. The van der Waals surface area contributed by atoms with Gasteiger partial charge in [-0.15, -0.1) is 0 Å². The van der Waals surface area contributed by atoms with Gasteiger partial charge in [-0.05, 0) is 12.5 Å². The molecule has 0 aliphatic rings. The molecule has 90 valence electrons. The smallest absolute Gasteiger partial charge is 0.157 e. The van der Waals surface area contributed by atoms with Crippen molar-refractivity contribution in [2.45, 2.75) is 18.8 Å². The van der Waals surface area contributed by atoms with Crippen molar-refractivity contribution in [2.75, 3.05) is 12.3 Å². The summed E-state index contributed by atoms with van der Waals surface area (Å²) in [5.41, 5.74) is 6.94. The van der Waals surface area contributed by atoms with Crippen molar-refractivity contribution < 1.29 is 13.5 Å². The lowest BCUT2D eigenvalue weighted by Crippen LogP contribution is -2.29. The Hall–Kier alpha value is -0.910. The van der Waals surface area contributed by atoms with Crippen molar-refractivity contribution in [3.05, 3.63) is 35.4 Å². The van der Waals surface area contributed by atoms with Crippen LogP contribution in [0.2, 0.25) is 0 Å². The lowest BCUT2D eigenvalue weighted by Gasteiger charge is -2.09. The molecule has 0 aliphatic carbocycles. The SMILES string of the molecule is Cc1cccc(CS(=O)(=O)CC(O)CN)c1. The quantitative estimate of drug-likeness (QED) is 0.775. The number of hydrogen-bond donors (Lipinski definition) is 2. The summed E-state index contributed by atoms with van der Waals surface area (Å²) in [6, 6.07) is 7.32. The number of sulfone groups is 1. The van der Waals surface area contributed by atoms with Crippen molar-refractivity contribution in [2.24, 2.45) is 5.73 Å². The second-order valence-corrected chi connectivity index (χ2v) is 6.04. The summed E-state index contributed by atoms with van der Waals surface area (Å²) in [7, 11) is -3.29. The Labute approximate surface area is 96.0 Å². The normalized spacial score (nSPS) is 13.7. The summed E-state index contributed by atoms with van der Waals surface area (Å²) in [4.78, 5) is 0. The highest BCUT2D eigenvalue weighted by Crippen LogP contribution is 2.09. The minimum atomic E-state index is -3.29. The molecule has 0 amide bonds. The molecule has 1 aromatic rings. The number of hydrogen-bond acceptors (Lipinski definition) is 4. The summed E-state index contributed by atoms with van der Waals surface area (Å²) < 4.78 is 23.3. The minimum absolute atomic E-state index is 0.0347. The maximum atomic E-state index is 11.7. The van der Waals surface area contributed by atoms with Gasteiger partial charge in [0.25, 0.3) is 0 Å². The number of aliphatic hydroxyl groups is 1. The van der Waals surface area contributed by atoms with Gasteiger partial charge >= 0.3 is 0 Å². The third-order valence-corrected chi connectivity index (χ3v) is 3.85. The Morgan fingerprint density at radius 3 is 2.69 bits per heavy atom. The molecule has 4 nitrogen and oxygen atoms in total. The van der Waals surface area contributed by atoms with E-state index in [0.29, 0.717) is 0 Å². The van der Waals surface area contributed by atoms with Gasteiger partial charge in [-0.2, -0.15) is 0 Å². The molecule has 1 aromatic carbocycles. The number of aliphatic hydroxyl groups excluding tert-OH is 1. The largest absolute Gasteiger partial charge is 0.391 e. The maximum absolute atomic E-state index is 11.7. The zero-order chi connectivity index (χ0) is 12.2. The number of aryl methyl sites for hydroxylation is 1. The average molecular weight is 243 g/mol. The van der Waals surface area contributed by atoms with Crippen LogP contribution in [0.3, 0.4) is 0 Å². The highest BCUT2D eigenvalue weighted by atomic mass is 32.2. The van der Waals surface area contributed by atoms with Gasteiger partial charge < -0.3 is 10.8 Å². The van der Waals surface area contributed by atoms with E-state index in [1.54, 1.807) is 6.07 Å². The Morgan fingerprint density at radius 2 is 2.12 bits per heavy atom. The summed E-state index contributed by atoms with van der Waals surface area (Å²) in [6.07, 6.45) is -0.977. The lowest BCUT2D eigenvalue weighted by atomic mass is 10.2. The summed E-state index contributed by atoms with van der Waals surface area (Å²) in [6.45, 7) is 1.87. The van der Waals surface area contributed by atoms with Crippen LogP contribution in [0, 0.1) is 6.92 Å². The van der Waals surface area contributed by atoms with Crippen LogP contribution in [0.4, 0.5) is 0 Å². The fourth-order valence-corrected chi connectivity index (χ4v) is 3.00. The molecular weight excluding hydrogens is 226 g/mol. The van der Waals surface area contributed by atoms with E-state index in [0.717, 1.165) is 11.1 Å². The number of rotatable bonds is 5. The highest BCUT2D eigenvalue weighted by molar-refractivity contribution is 7.90. The first-order valence-electron chi connectivity index (χ1n) is 5.07. The maximum Gasteiger partial charge on any atom is 0.157 e. The van der Waals surface area contributed by atoms with Crippen LogP contribution in [0.5, 0.6) is 0 Å². The van der Waals surface area contributed by atoms with Crippen molar-refractivity contribution in [1.29, 1.82) is 0 Å². The fourth-order valence-electron chi connectivity index (χ4n) is 1.48. The molecule has 0 heterocycles. The van der Waals surface area contributed by atoms with Gasteiger partial charge in [-0.1, -0.05) is 29.8 Å². The molecule has 0 fully saturated rings. The zero-order valence-corrected chi connectivity index (χ0v) is 10.1. The monoisotopic (exact) mass is 243 g/mol. The van der Waals surface area contributed by atoms with Gasteiger partial charge in [-0.25, -0.2) is 8.42 Å². The molecule has 0 aliphatic heterocycles. The van der Waals surface area contributed by atoms with E-state index in [2.05, 4.69) is 0 Å². The van der Waals surface area contributed by atoms with E-state index < -0.39 is 15.9 Å². The molecule has 16 heavy (non-hydrogen) atoms. The fraction of sp³-hybridized carbons (Fsp3) is 0.455. The standard InChI is InChI=1S/C11H17NO3S/c1-9-3-2-4-10(5-9)7-16(14,15)8-11(13)6-12/h2-5,11,13H,6-8,12H2,1H3. The van der Waals surface area contributed by atoms with Crippen LogP contribution < -0.4 is 5.73 Å². The van der Waals surface area contributed by atoms with E-state index in [-0.39, 0.29) is 18.1 Å². The van der Waals surface area contributed by atoms with Crippen molar-refractivity contribution >= 4 is 9.84 Å². The first-order valence-corrected chi connectivity index (χ1v) is 6.89. The van der Waals surface area contributed by atoms with Crippen LogP contribution in [0.1, 0.15) is 11.1 Å². The average Bonchev–Trinajstić information content (AvgIpc) is 2.15. The molecule has 5 heteroatoms. The van der Waals surface area contributed by atoms with E-state index >= 15 is 0 Å². The van der Waals surface area contributed by atoms with E-state index in [9.17, 15) is 13.5 Å². The van der Waals surface area contributed by atoms with E-state index in [4.69, 9.17) is 5.73 Å². The predicted molar refractivity (Wildman–Crippen MR) is 63.7 cm³/mol. The third-order valence-electron chi connectivity index (χ3n) is 2.19. The van der Waals surface area contributed by atoms with Gasteiger partial charge in [-0.3, -0.25) is 0 Å². The van der Waals surface area contributed by atoms with Crippen LogP contribution in [-0.4, -0.2) is 31.9 Å². The number of benzene rings is 1. The molecular formula is C11H17NO3S.